The molecule has 2 nitrogen and oxygen atoms in total. The van der Waals surface area contributed by atoms with Crippen LogP contribution < -0.4 is 0 Å². The quantitative estimate of drug-likeness (QED) is 0.247. The molecule has 0 bridgehead atoms. The van der Waals surface area contributed by atoms with Crippen molar-refractivity contribution in [2.24, 2.45) is 5.92 Å². The Kier molecular flexibility index (Phi) is 14.0. The molecule has 0 N–H and O–H groups in total. The summed E-state index contributed by atoms with van der Waals surface area (Å²) in [5, 5.41) is 0. The standard InChI is InChI=1S/C18H34O2/c1-4-7-8-9-10-11-12-13-15-17(14-5-2)16-18(19)20-6-3/h13,15,17H,4-12,14,16H2,1-3H3/b15-13+. The molecule has 0 fully saturated rings. The molecule has 0 saturated heterocycles. The largest absolute Gasteiger partial charge is 0.466 e. The van der Waals surface area contributed by atoms with Crippen molar-refractivity contribution in [3.05, 3.63) is 12.2 Å². The number of allylic oxidation sites excluding steroid dienone is 2. The Morgan fingerprint density at radius 1 is 1.00 bits per heavy atom. The minimum Gasteiger partial charge on any atom is -0.466 e. The molecule has 0 aromatic heterocycles. The van der Waals surface area contributed by atoms with Crippen LogP contribution in [0.4, 0.5) is 0 Å². The van der Waals surface area contributed by atoms with Crippen LogP contribution in [0.5, 0.6) is 0 Å². The van der Waals surface area contributed by atoms with Gasteiger partial charge in [-0.2, -0.15) is 0 Å². The predicted octanol–water partition coefficient (Wildman–Crippen LogP) is 5.66. The van der Waals surface area contributed by atoms with Crippen LogP contribution in [0.2, 0.25) is 0 Å². The summed E-state index contributed by atoms with van der Waals surface area (Å²) >= 11 is 0. The summed E-state index contributed by atoms with van der Waals surface area (Å²) in [6.45, 7) is 6.76. The number of carbonyl (C=O) groups is 1. The maximum atomic E-state index is 11.5. The lowest BCUT2D eigenvalue weighted by Crippen LogP contribution is -2.10. The zero-order valence-corrected chi connectivity index (χ0v) is 13.8. The van der Waals surface area contributed by atoms with Crippen LogP contribution in [0.3, 0.4) is 0 Å². The van der Waals surface area contributed by atoms with E-state index in [4.69, 9.17) is 4.74 Å². The van der Waals surface area contributed by atoms with Crippen molar-refractivity contribution in [1.29, 1.82) is 0 Å². The molecule has 0 aliphatic heterocycles. The molecule has 0 radical (unpaired) electrons. The number of carbonyl (C=O) groups excluding carboxylic acids is 1. The van der Waals surface area contributed by atoms with Crippen molar-refractivity contribution in [3.8, 4) is 0 Å². The van der Waals surface area contributed by atoms with Gasteiger partial charge >= 0.3 is 5.97 Å². The zero-order chi connectivity index (χ0) is 15.1. The first-order valence-corrected chi connectivity index (χ1v) is 8.56. The molecule has 0 aromatic carbocycles. The lowest BCUT2D eigenvalue weighted by atomic mass is 9.98. The van der Waals surface area contributed by atoms with E-state index in [1.807, 2.05) is 6.92 Å². The summed E-state index contributed by atoms with van der Waals surface area (Å²) in [4.78, 5) is 11.5. The Balaban J connectivity index is 3.76. The van der Waals surface area contributed by atoms with Gasteiger partial charge in [0, 0.05) is 0 Å². The lowest BCUT2D eigenvalue weighted by molar-refractivity contribution is -0.143. The van der Waals surface area contributed by atoms with Crippen molar-refractivity contribution >= 4 is 5.97 Å². The van der Waals surface area contributed by atoms with E-state index >= 15 is 0 Å². The Morgan fingerprint density at radius 3 is 2.35 bits per heavy atom. The van der Waals surface area contributed by atoms with Crippen molar-refractivity contribution < 1.29 is 9.53 Å². The Bertz CT molecular complexity index is 246. The van der Waals surface area contributed by atoms with Crippen LogP contribution in [0.1, 0.15) is 85.0 Å². The first-order valence-electron chi connectivity index (χ1n) is 8.56. The van der Waals surface area contributed by atoms with E-state index in [0.717, 1.165) is 19.3 Å². The van der Waals surface area contributed by atoms with Crippen molar-refractivity contribution in [3.63, 3.8) is 0 Å². The highest BCUT2D eigenvalue weighted by Gasteiger charge is 2.10. The number of unbranched alkanes of at least 4 members (excludes halogenated alkanes) is 6. The number of ether oxygens (including phenoxy) is 1. The highest BCUT2D eigenvalue weighted by molar-refractivity contribution is 5.69. The van der Waals surface area contributed by atoms with Gasteiger partial charge in [0.25, 0.3) is 0 Å². The minimum atomic E-state index is -0.0600. The molecule has 0 amide bonds. The first kappa shape index (κ1) is 19.2. The SMILES string of the molecule is CCCCCCCC/C=C/C(CCC)CC(=O)OCC. The first-order chi connectivity index (χ1) is 9.74. The minimum absolute atomic E-state index is 0.0600. The van der Waals surface area contributed by atoms with Gasteiger partial charge in [-0.15, -0.1) is 0 Å². The highest BCUT2D eigenvalue weighted by atomic mass is 16.5. The van der Waals surface area contributed by atoms with Crippen LogP contribution >= 0.6 is 0 Å². The number of esters is 1. The summed E-state index contributed by atoms with van der Waals surface area (Å²) < 4.78 is 5.03. The monoisotopic (exact) mass is 282 g/mol. The molecular weight excluding hydrogens is 248 g/mol. The van der Waals surface area contributed by atoms with Gasteiger partial charge < -0.3 is 4.74 Å². The lowest BCUT2D eigenvalue weighted by Gasteiger charge is -2.10. The molecule has 0 saturated carbocycles. The van der Waals surface area contributed by atoms with Crippen LogP contribution in [0.15, 0.2) is 12.2 Å². The maximum Gasteiger partial charge on any atom is 0.306 e. The Hall–Kier alpha value is -0.790. The summed E-state index contributed by atoms with van der Waals surface area (Å²) in [7, 11) is 0. The van der Waals surface area contributed by atoms with E-state index < -0.39 is 0 Å². The third-order valence-electron chi connectivity index (χ3n) is 3.53. The molecule has 0 spiro atoms. The topological polar surface area (TPSA) is 26.3 Å². The van der Waals surface area contributed by atoms with Gasteiger partial charge in [0.05, 0.1) is 13.0 Å². The third kappa shape index (κ3) is 12.3. The fourth-order valence-electron chi connectivity index (χ4n) is 2.40. The summed E-state index contributed by atoms with van der Waals surface area (Å²) in [6.07, 6.45) is 16.4. The fourth-order valence-corrected chi connectivity index (χ4v) is 2.40. The Labute approximate surface area is 126 Å². The van der Waals surface area contributed by atoms with Crippen LogP contribution in [0.25, 0.3) is 0 Å². The molecule has 0 heterocycles. The van der Waals surface area contributed by atoms with E-state index in [0.29, 0.717) is 18.9 Å². The van der Waals surface area contributed by atoms with Crippen LogP contribution in [0, 0.1) is 5.92 Å². The number of hydrogen-bond acceptors (Lipinski definition) is 2. The van der Waals surface area contributed by atoms with E-state index in [-0.39, 0.29) is 5.97 Å². The maximum absolute atomic E-state index is 11.5. The number of rotatable bonds is 13. The van der Waals surface area contributed by atoms with E-state index in [1.54, 1.807) is 0 Å². The smallest absolute Gasteiger partial charge is 0.306 e. The summed E-state index contributed by atoms with van der Waals surface area (Å²) in [6, 6.07) is 0. The molecule has 20 heavy (non-hydrogen) atoms. The second-order valence-electron chi connectivity index (χ2n) is 5.54. The molecule has 118 valence electrons. The molecule has 0 aromatic rings. The van der Waals surface area contributed by atoms with Gasteiger partial charge in [0.2, 0.25) is 0 Å². The molecule has 1 unspecified atom stereocenters. The normalized spacial score (nSPS) is 12.8. The van der Waals surface area contributed by atoms with Crippen LogP contribution in [-0.4, -0.2) is 12.6 Å². The predicted molar refractivity (Wildman–Crippen MR) is 86.8 cm³/mol. The van der Waals surface area contributed by atoms with E-state index in [2.05, 4.69) is 26.0 Å². The zero-order valence-electron chi connectivity index (χ0n) is 13.8. The van der Waals surface area contributed by atoms with Gasteiger partial charge in [0.15, 0.2) is 0 Å². The molecule has 1 atom stereocenters. The van der Waals surface area contributed by atoms with Crippen molar-refractivity contribution in [2.75, 3.05) is 6.61 Å². The van der Waals surface area contributed by atoms with Crippen LogP contribution in [-0.2, 0) is 9.53 Å². The average Bonchev–Trinajstić information content (AvgIpc) is 2.42. The van der Waals surface area contributed by atoms with Gasteiger partial charge in [-0.3, -0.25) is 4.79 Å². The van der Waals surface area contributed by atoms with Gasteiger partial charge in [-0.1, -0.05) is 64.5 Å². The molecule has 0 rings (SSSR count). The molecule has 2 heteroatoms. The fraction of sp³-hybridized carbons (Fsp3) is 0.833. The van der Waals surface area contributed by atoms with Crippen molar-refractivity contribution in [2.45, 2.75) is 85.0 Å². The summed E-state index contributed by atoms with van der Waals surface area (Å²) in [5.41, 5.74) is 0. The van der Waals surface area contributed by atoms with Gasteiger partial charge in [0.1, 0.15) is 0 Å². The number of hydrogen-bond donors (Lipinski definition) is 0. The van der Waals surface area contributed by atoms with E-state index in [1.165, 1.54) is 38.5 Å². The van der Waals surface area contributed by atoms with Gasteiger partial charge in [-0.25, -0.2) is 0 Å². The summed E-state index contributed by atoms with van der Waals surface area (Å²) in [5.74, 6) is 0.300. The average molecular weight is 282 g/mol. The highest BCUT2D eigenvalue weighted by Crippen LogP contribution is 2.15. The second kappa shape index (κ2) is 14.6. The van der Waals surface area contributed by atoms with Crippen molar-refractivity contribution in [1.82, 2.24) is 0 Å². The second-order valence-corrected chi connectivity index (χ2v) is 5.54. The Morgan fingerprint density at radius 2 is 1.70 bits per heavy atom. The van der Waals surface area contributed by atoms with E-state index in [9.17, 15) is 4.79 Å². The third-order valence-corrected chi connectivity index (χ3v) is 3.53. The molecule has 0 aliphatic rings. The molecule has 0 aliphatic carbocycles. The molecular formula is C18H34O2. The van der Waals surface area contributed by atoms with Gasteiger partial charge in [-0.05, 0) is 32.1 Å².